The standard InChI is InChI=1S/C20H23Cl2N3O3/c1-27-18-15(8-23-19(24-18)28-2)20(26)6-5-12-9-25(11-16(12)20)10-13-3-4-14(21)7-17(13)22/h3-4,7-8,12,16,26H,5-6,9-11H2,1-2H3/t12-,16+,20+/m0/s1. The van der Waals surface area contributed by atoms with Gasteiger partial charge < -0.3 is 14.6 Å². The number of benzene rings is 1. The summed E-state index contributed by atoms with van der Waals surface area (Å²) in [6.07, 6.45) is 3.25. The fourth-order valence-corrected chi connectivity index (χ4v) is 5.11. The number of likely N-dealkylation sites (tertiary alicyclic amines) is 1. The number of aliphatic hydroxyl groups is 1. The molecule has 1 aromatic carbocycles. The van der Waals surface area contributed by atoms with Crippen molar-refractivity contribution in [2.24, 2.45) is 11.8 Å². The van der Waals surface area contributed by atoms with Crippen LogP contribution >= 0.6 is 23.2 Å². The quantitative estimate of drug-likeness (QED) is 0.792. The van der Waals surface area contributed by atoms with Crippen LogP contribution in [0.1, 0.15) is 24.0 Å². The first kappa shape index (κ1) is 19.7. The van der Waals surface area contributed by atoms with Crippen LogP contribution in [0.15, 0.2) is 24.4 Å². The Balaban J connectivity index is 1.56. The third-order valence-corrected chi connectivity index (χ3v) is 6.60. The third-order valence-electron chi connectivity index (χ3n) is 6.01. The van der Waals surface area contributed by atoms with Crippen LogP contribution < -0.4 is 9.47 Å². The summed E-state index contributed by atoms with van der Waals surface area (Å²) in [7, 11) is 3.05. The molecule has 2 fully saturated rings. The van der Waals surface area contributed by atoms with E-state index in [0.717, 1.165) is 31.6 Å². The zero-order valence-electron chi connectivity index (χ0n) is 15.9. The molecule has 2 aromatic rings. The van der Waals surface area contributed by atoms with Gasteiger partial charge in [0.1, 0.15) is 5.60 Å². The van der Waals surface area contributed by atoms with Crippen molar-refractivity contribution in [2.45, 2.75) is 25.0 Å². The van der Waals surface area contributed by atoms with Crippen molar-refractivity contribution >= 4 is 23.2 Å². The molecule has 4 rings (SSSR count). The molecule has 0 amide bonds. The molecule has 1 aliphatic carbocycles. The number of methoxy groups -OCH3 is 2. The van der Waals surface area contributed by atoms with Gasteiger partial charge in [-0.05, 0) is 36.5 Å². The van der Waals surface area contributed by atoms with Crippen LogP contribution in [0.5, 0.6) is 11.9 Å². The fourth-order valence-electron chi connectivity index (χ4n) is 4.64. The van der Waals surface area contributed by atoms with Crippen molar-refractivity contribution in [2.75, 3.05) is 27.3 Å². The van der Waals surface area contributed by atoms with Gasteiger partial charge in [0.2, 0.25) is 5.88 Å². The molecule has 0 bridgehead atoms. The third kappa shape index (κ3) is 3.43. The van der Waals surface area contributed by atoms with Crippen molar-refractivity contribution < 1.29 is 14.6 Å². The van der Waals surface area contributed by atoms with Crippen molar-refractivity contribution in [1.29, 1.82) is 0 Å². The van der Waals surface area contributed by atoms with E-state index < -0.39 is 5.60 Å². The van der Waals surface area contributed by atoms with E-state index in [1.165, 1.54) is 7.11 Å². The van der Waals surface area contributed by atoms with Gasteiger partial charge in [-0.15, -0.1) is 0 Å². The molecule has 28 heavy (non-hydrogen) atoms. The van der Waals surface area contributed by atoms with Gasteiger partial charge in [0.15, 0.2) is 0 Å². The molecular weight excluding hydrogens is 401 g/mol. The molecule has 2 aliphatic rings. The van der Waals surface area contributed by atoms with Gasteiger partial charge in [-0.2, -0.15) is 4.98 Å². The van der Waals surface area contributed by atoms with Gasteiger partial charge in [-0.1, -0.05) is 29.3 Å². The van der Waals surface area contributed by atoms with Gasteiger partial charge in [-0.3, -0.25) is 4.90 Å². The second kappa shape index (κ2) is 7.67. The molecule has 0 radical (unpaired) electrons. The Morgan fingerprint density at radius 3 is 2.79 bits per heavy atom. The highest BCUT2D eigenvalue weighted by molar-refractivity contribution is 6.35. The van der Waals surface area contributed by atoms with Crippen molar-refractivity contribution in [3.63, 3.8) is 0 Å². The van der Waals surface area contributed by atoms with Crippen molar-refractivity contribution in [3.8, 4) is 11.9 Å². The number of fused-ring (bicyclic) bond motifs is 1. The van der Waals surface area contributed by atoms with E-state index in [2.05, 4.69) is 14.9 Å². The maximum absolute atomic E-state index is 11.6. The Morgan fingerprint density at radius 2 is 2.07 bits per heavy atom. The van der Waals surface area contributed by atoms with E-state index in [4.69, 9.17) is 32.7 Å². The molecule has 6 nitrogen and oxygen atoms in total. The summed E-state index contributed by atoms with van der Waals surface area (Å²) >= 11 is 12.3. The molecule has 1 N–H and O–H groups in total. The number of hydrogen-bond donors (Lipinski definition) is 1. The molecule has 1 aromatic heterocycles. The lowest BCUT2D eigenvalue weighted by molar-refractivity contribution is -0.00971. The van der Waals surface area contributed by atoms with E-state index in [-0.39, 0.29) is 11.9 Å². The highest BCUT2D eigenvalue weighted by Crippen LogP contribution is 2.52. The maximum atomic E-state index is 11.6. The zero-order valence-corrected chi connectivity index (χ0v) is 17.4. The highest BCUT2D eigenvalue weighted by Gasteiger charge is 2.53. The van der Waals surface area contributed by atoms with E-state index in [9.17, 15) is 5.11 Å². The Labute approximate surface area is 174 Å². The number of ether oxygens (including phenoxy) is 2. The number of rotatable bonds is 5. The monoisotopic (exact) mass is 423 g/mol. The highest BCUT2D eigenvalue weighted by atomic mass is 35.5. The number of hydrogen-bond acceptors (Lipinski definition) is 6. The minimum absolute atomic E-state index is 0.0875. The predicted octanol–water partition coefficient (Wildman–Crippen LogP) is 3.53. The second-order valence-electron chi connectivity index (χ2n) is 7.54. The summed E-state index contributed by atoms with van der Waals surface area (Å²) in [5.74, 6) is 0.863. The lowest BCUT2D eigenvalue weighted by Gasteiger charge is -2.31. The zero-order chi connectivity index (χ0) is 19.9. The molecule has 3 atom stereocenters. The van der Waals surface area contributed by atoms with Crippen LogP contribution in [-0.4, -0.2) is 47.3 Å². The summed E-state index contributed by atoms with van der Waals surface area (Å²) in [5, 5.41) is 12.9. The molecule has 8 heteroatoms. The van der Waals surface area contributed by atoms with Crippen LogP contribution in [0.25, 0.3) is 0 Å². The van der Waals surface area contributed by atoms with Crippen LogP contribution in [0.4, 0.5) is 0 Å². The predicted molar refractivity (Wildman–Crippen MR) is 107 cm³/mol. The molecule has 1 aliphatic heterocycles. The minimum Gasteiger partial charge on any atom is -0.481 e. The van der Waals surface area contributed by atoms with Gasteiger partial charge in [0.25, 0.3) is 0 Å². The average Bonchev–Trinajstić information content (AvgIpc) is 3.24. The van der Waals surface area contributed by atoms with E-state index in [0.29, 0.717) is 33.8 Å². The molecule has 0 unspecified atom stereocenters. The second-order valence-corrected chi connectivity index (χ2v) is 8.38. The molecule has 1 saturated heterocycles. The van der Waals surface area contributed by atoms with Crippen molar-refractivity contribution in [3.05, 3.63) is 45.6 Å². The normalized spacial score (nSPS) is 27.0. The Kier molecular flexibility index (Phi) is 5.40. The summed E-state index contributed by atoms with van der Waals surface area (Å²) in [6.45, 7) is 2.43. The summed E-state index contributed by atoms with van der Waals surface area (Å²) in [6, 6.07) is 5.82. The van der Waals surface area contributed by atoms with Crippen LogP contribution in [-0.2, 0) is 12.1 Å². The molecule has 150 valence electrons. The van der Waals surface area contributed by atoms with Crippen molar-refractivity contribution in [1.82, 2.24) is 14.9 Å². The minimum atomic E-state index is -1.01. The van der Waals surface area contributed by atoms with E-state index in [1.807, 2.05) is 12.1 Å². The molecule has 1 saturated carbocycles. The van der Waals surface area contributed by atoms with Gasteiger partial charge >= 0.3 is 6.01 Å². The summed E-state index contributed by atoms with van der Waals surface area (Å²) < 4.78 is 10.5. The first-order chi connectivity index (χ1) is 13.4. The van der Waals surface area contributed by atoms with Crippen LogP contribution in [0, 0.1) is 11.8 Å². The van der Waals surface area contributed by atoms with Gasteiger partial charge in [0, 0.05) is 41.8 Å². The Morgan fingerprint density at radius 1 is 1.25 bits per heavy atom. The first-order valence-corrected chi connectivity index (χ1v) is 10.0. The van der Waals surface area contributed by atoms with E-state index >= 15 is 0 Å². The smallest absolute Gasteiger partial charge is 0.319 e. The Hall–Kier alpha value is -1.60. The maximum Gasteiger partial charge on any atom is 0.319 e. The molecule has 2 heterocycles. The van der Waals surface area contributed by atoms with Gasteiger partial charge in [0.05, 0.1) is 19.8 Å². The van der Waals surface area contributed by atoms with E-state index in [1.54, 1.807) is 19.4 Å². The molecular formula is C20H23Cl2N3O3. The molecule has 0 spiro atoms. The Bertz CT molecular complexity index is 882. The fraction of sp³-hybridized carbons (Fsp3) is 0.500. The summed E-state index contributed by atoms with van der Waals surface area (Å²) in [5.41, 5.74) is 0.662. The topological polar surface area (TPSA) is 67.7 Å². The SMILES string of the molecule is COc1ncc([C@]2(O)CC[C@H]3CN(Cc4ccc(Cl)cc4Cl)C[C@H]32)c(OC)n1. The number of nitrogens with zero attached hydrogens (tertiary/aromatic N) is 3. The van der Waals surface area contributed by atoms with Gasteiger partial charge in [-0.25, -0.2) is 4.98 Å². The first-order valence-electron chi connectivity index (χ1n) is 9.28. The van der Waals surface area contributed by atoms with Crippen LogP contribution in [0.2, 0.25) is 10.0 Å². The number of halogens is 2. The summed E-state index contributed by atoms with van der Waals surface area (Å²) in [4.78, 5) is 10.8. The average molecular weight is 424 g/mol. The lowest BCUT2D eigenvalue weighted by atomic mass is 9.83. The largest absolute Gasteiger partial charge is 0.481 e. The van der Waals surface area contributed by atoms with Crippen LogP contribution in [0.3, 0.4) is 0 Å². The number of aromatic nitrogens is 2. The lowest BCUT2D eigenvalue weighted by Crippen LogP contribution is -2.35.